The molecule has 24 heavy (non-hydrogen) atoms. The zero-order chi connectivity index (χ0) is 16.9. The quantitative estimate of drug-likeness (QED) is 0.937. The van der Waals surface area contributed by atoms with Gasteiger partial charge in [-0.1, -0.05) is 12.1 Å². The Morgan fingerprint density at radius 3 is 2.92 bits per heavy atom. The molecule has 0 unspecified atom stereocenters. The van der Waals surface area contributed by atoms with E-state index in [9.17, 15) is 9.59 Å². The standard InChI is InChI=1S/C18H19N3O3/c1-13-8-9-19-16(12-13)20-17(22)6-7-18(23)21-10-11-24-15-5-3-2-4-14(15)21/h2-5,8-9,12H,6-7,10-11H2,1H3,(H,19,20,22). The number of hydrogen-bond donors (Lipinski definition) is 1. The van der Waals surface area contributed by atoms with E-state index < -0.39 is 0 Å². The van der Waals surface area contributed by atoms with Crippen molar-refractivity contribution in [2.24, 2.45) is 0 Å². The summed E-state index contributed by atoms with van der Waals surface area (Å²) in [6.45, 7) is 2.88. The van der Waals surface area contributed by atoms with Gasteiger partial charge < -0.3 is 15.0 Å². The molecule has 0 fully saturated rings. The molecule has 2 heterocycles. The molecule has 124 valence electrons. The van der Waals surface area contributed by atoms with Crippen LogP contribution < -0.4 is 15.0 Å². The maximum absolute atomic E-state index is 12.4. The van der Waals surface area contributed by atoms with Gasteiger partial charge in [0.15, 0.2) is 0 Å². The van der Waals surface area contributed by atoms with E-state index in [4.69, 9.17) is 4.74 Å². The molecule has 0 saturated heterocycles. The van der Waals surface area contributed by atoms with Crippen LogP contribution in [-0.2, 0) is 9.59 Å². The number of ether oxygens (including phenoxy) is 1. The lowest BCUT2D eigenvalue weighted by Gasteiger charge is -2.29. The molecule has 0 bridgehead atoms. The Hall–Kier alpha value is -2.89. The zero-order valence-corrected chi connectivity index (χ0v) is 13.5. The molecule has 6 nitrogen and oxygen atoms in total. The number of anilines is 2. The third-order valence-corrected chi connectivity index (χ3v) is 3.78. The SMILES string of the molecule is Cc1ccnc(NC(=O)CCC(=O)N2CCOc3ccccc32)c1. The smallest absolute Gasteiger partial charge is 0.227 e. The second-order valence-corrected chi connectivity index (χ2v) is 5.63. The van der Waals surface area contributed by atoms with Crippen molar-refractivity contribution in [3.8, 4) is 5.75 Å². The lowest BCUT2D eigenvalue weighted by atomic mass is 10.2. The predicted molar refractivity (Wildman–Crippen MR) is 91.1 cm³/mol. The van der Waals surface area contributed by atoms with Gasteiger partial charge in [0.05, 0.1) is 12.2 Å². The van der Waals surface area contributed by atoms with Crippen molar-refractivity contribution >= 4 is 23.3 Å². The van der Waals surface area contributed by atoms with E-state index in [2.05, 4.69) is 10.3 Å². The maximum Gasteiger partial charge on any atom is 0.227 e. The second-order valence-electron chi connectivity index (χ2n) is 5.63. The molecule has 0 saturated carbocycles. The third-order valence-electron chi connectivity index (χ3n) is 3.78. The number of pyridine rings is 1. The predicted octanol–water partition coefficient (Wildman–Crippen LogP) is 2.53. The van der Waals surface area contributed by atoms with Gasteiger partial charge in [-0.2, -0.15) is 0 Å². The van der Waals surface area contributed by atoms with Crippen molar-refractivity contribution < 1.29 is 14.3 Å². The lowest BCUT2D eigenvalue weighted by molar-refractivity contribution is -0.122. The Labute approximate surface area is 140 Å². The van der Waals surface area contributed by atoms with E-state index in [0.717, 1.165) is 11.3 Å². The highest BCUT2D eigenvalue weighted by Gasteiger charge is 2.23. The molecular weight excluding hydrogens is 306 g/mol. The van der Waals surface area contributed by atoms with Gasteiger partial charge in [0.25, 0.3) is 0 Å². The van der Waals surface area contributed by atoms with Crippen molar-refractivity contribution in [3.63, 3.8) is 0 Å². The molecule has 0 atom stereocenters. The number of hydrogen-bond acceptors (Lipinski definition) is 4. The molecule has 6 heteroatoms. The summed E-state index contributed by atoms with van der Waals surface area (Å²) in [6.07, 6.45) is 1.90. The van der Waals surface area contributed by atoms with Crippen LogP contribution in [0.5, 0.6) is 5.75 Å². The summed E-state index contributed by atoms with van der Waals surface area (Å²) in [6, 6.07) is 11.1. The lowest BCUT2D eigenvalue weighted by Crippen LogP contribution is -2.38. The first kappa shape index (κ1) is 16.0. The third kappa shape index (κ3) is 3.71. The highest BCUT2D eigenvalue weighted by Crippen LogP contribution is 2.31. The number of aromatic nitrogens is 1. The minimum atomic E-state index is -0.219. The maximum atomic E-state index is 12.4. The minimum Gasteiger partial charge on any atom is -0.490 e. The topological polar surface area (TPSA) is 71.5 Å². The van der Waals surface area contributed by atoms with Crippen LogP contribution in [0.2, 0.25) is 0 Å². The number of fused-ring (bicyclic) bond motifs is 1. The van der Waals surface area contributed by atoms with Crippen molar-refractivity contribution in [2.45, 2.75) is 19.8 Å². The summed E-state index contributed by atoms with van der Waals surface area (Å²) in [5.41, 5.74) is 1.77. The largest absolute Gasteiger partial charge is 0.490 e. The van der Waals surface area contributed by atoms with Crippen molar-refractivity contribution in [1.82, 2.24) is 4.98 Å². The fraction of sp³-hybridized carbons (Fsp3) is 0.278. The number of aryl methyl sites for hydroxylation is 1. The highest BCUT2D eigenvalue weighted by atomic mass is 16.5. The molecule has 0 spiro atoms. The van der Waals surface area contributed by atoms with Gasteiger partial charge in [0, 0.05) is 19.0 Å². The Morgan fingerprint density at radius 1 is 1.25 bits per heavy atom. The summed E-state index contributed by atoms with van der Waals surface area (Å²) in [5, 5.41) is 2.71. The zero-order valence-electron chi connectivity index (χ0n) is 13.5. The summed E-state index contributed by atoms with van der Waals surface area (Å²) in [7, 11) is 0. The fourth-order valence-electron chi connectivity index (χ4n) is 2.59. The van der Waals surface area contributed by atoms with Crippen LogP contribution in [0.25, 0.3) is 0 Å². The molecule has 2 amide bonds. The highest BCUT2D eigenvalue weighted by molar-refractivity contribution is 5.98. The Morgan fingerprint density at radius 2 is 2.08 bits per heavy atom. The van der Waals surface area contributed by atoms with Gasteiger partial charge in [-0.05, 0) is 36.8 Å². The van der Waals surface area contributed by atoms with Crippen LogP contribution in [0.3, 0.4) is 0 Å². The second kappa shape index (κ2) is 7.12. The van der Waals surface area contributed by atoms with Crippen molar-refractivity contribution in [2.75, 3.05) is 23.4 Å². The van der Waals surface area contributed by atoms with Gasteiger partial charge in [-0.3, -0.25) is 9.59 Å². The first-order valence-corrected chi connectivity index (χ1v) is 7.88. The molecule has 1 aliphatic heterocycles. The van der Waals surface area contributed by atoms with Gasteiger partial charge in [0.2, 0.25) is 11.8 Å². The van der Waals surface area contributed by atoms with Gasteiger partial charge in [-0.15, -0.1) is 0 Å². The first-order valence-electron chi connectivity index (χ1n) is 7.88. The number of carbonyl (C=O) groups excluding carboxylic acids is 2. The van der Waals surface area contributed by atoms with Crippen LogP contribution >= 0.6 is 0 Å². The first-order chi connectivity index (χ1) is 11.6. The number of para-hydroxylation sites is 2. The van der Waals surface area contributed by atoms with E-state index in [0.29, 0.717) is 24.7 Å². The number of rotatable bonds is 4. The minimum absolute atomic E-state index is 0.0851. The van der Waals surface area contributed by atoms with Gasteiger partial charge in [0.1, 0.15) is 18.2 Å². The summed E-state index contributed by atoms with van der Waals surface area (Å²) >= 11 is 0. The molecule has 1 aromatic heterocycles. The Kier molecular flexibility index (Phi) is 4.74. The molecular formula is C18H19N3O3. The summed E-state index contributed by atoms with van der Waals surface area (Å²) in [4.78, 5) is 30.2. The van der Waals surface area contributed by atoms with Crippen LogP contribution in [0.15, 0.2) is 42.6 Å². The number of benzene rings is 1. The Balaban J connectivity index is 1.57. The molecule has 1 aliphatic rings. The molecule has 0 radical (unpaired) electrons. The number of amides is 2. The fourth-order valence-corrected chi connectivity index (χ4v) is 2.59. The monoisotopic (exact) mass is 325 g/mol. The van der Waals surface area contributed by atoms with Crippen LogP contribution in [0.1, 0.15) is 18.4 Å². The van der Waals surface area contributed by atoms with Crippen LogP contribution in [0.4, 0.5) is 11.5 Å². The van der Waals surface area contributed by atoms with E-state index in [1.807, 2.05) is 37.3 Å². The van der Waals surface area contributed by atoms with Crippen LogP contribution in [0, 0.1) is 6.92 Å². The van der Waals surface area contributed by atoms with Crippen molar-refractivity contribution in [1.29, 1.82) is 0 Å². The van der Waals surface area contributed by atoms with Crippen molar-refractivity contribution in [3.05, 3.63) is 48.2 Å². The number of nitrogens with zero attached hydrogens (tertiary/aromatic N) is 2. The van der Waals surface area contributed by atoms with E-state index >= 15 is 0 Å². The normalized spacial score (nSPS) is 13.0. The molecule has 2 aromatic rings. The number of carbonyl (C=O) groups is 2. The molecule has 1 N–H and O–H groups in total. The van der Waals surface area contributed by atoms with Gasteiger partial charge in [-0.25, -0.2) is 4.98 Å². The van der Waals surface area contributed by atoms with E-state index in [-0.39, 0.29) is 24.7 Å². The van der Waals surface area contributed by atoms with Crippen LogP contribution in [-0.4, -0.2) is 29.9 Å². The average Bonchev–Trinajstić information content (AvgIpc) is 2.59. The molecule has 1 aromatic carbocycles. The molecule has 0 aliphatic carbocycles. The van der Waals surface area contributed by atoms with E-state index in [1.54, 1.807) is 17.2 Å². The molecule has 3 rings (SSSR count). The van der Waals surface area contributed by atoms with E-state index in [1.165, 1.54) is 0 Å². The Bertz CT molecular complexity index is 761. The average molecular weight is 325 g/mol. The summed E-state index contributed by atoms with van der Waals surface area (Å²) in [5.74, 6) is 0.899. The van der Waals surface area contributed by atoms with Gasteiger partial charge >= 0.3 is 0 Å². The number of nitrogens with one attached hydrogen (secondary N) is 1. The summed E-state index contributed by atoms with van der Waals surface area (Å²) < 4.78 is 5.54.